The minimum absolute atomic E-state index is 0.0304. The monoisotopic (exact) mass is 280 g/mol. The fraction of sp³-hybridized carbons (Fsp3) is 0.714. The second kappa shape index (κ2) is 6.85. The van der Waals surface area contributed by atoms with Crippen LogP contribution in [0.25, 0.3) is 0 Å². The third-order valence-electron chi connectivity index (χ3n) is 3.51. The Kier molecular flexibility index (Phi) is 5.14. The Morgan fingerprint density at radius 1 is 1.20 bits per heavy atom. The number of fused-ring (bicyclic) bond motifs is 1. The maximum atomic E-state index is 12.3. The maximum Gasteiger partial charge on any atom is 0.274 e. The molecule has 0 radical (unpaired) electrons. The first kappa shape index (κ1) is 15.0. The van der Waals surface area contributed by atoms with Gasteiger partial charge in [0.05, 0.1) is 25.5 Å². The Morgan fingerprint density at radius 3 is 2.60 bits per heavy atom. The summed E-state index contributed by atoms with van der Waals surface area (Å²) in [6.45, 7) is 9.30. The molecule has 0 aromatic carbocycles. The summed E-state index contributed by atoms with van der Waals surface area (Å²) in [5, 5.41) is 4.42. The van der Waals surface area contributed by atoms with Gasteiger partial charge in [-0.3, -0.25) is 14.4 Å². The minimum Gasteiger partial charge on any atom is -0.378 e. The molecule has 2 aliphatic heterocycles. The van der Waals surface area contributed by atoms with Gasteiger partial charge in [0.15, 0.2) is 5.69 Å². The lowest BCUT2D eigenvalue weighted by atomic mass is 10.2. The van der Waals surface area contributed by atoms with Crippen molar-refractivity contribution in [2.45, 2.75) is 26.9 Å². The number of rotatable bonds is 1. The first-order chi connectivity index (χ1) is 9.74. The summed E-state index contributed by atoms with van der Waals surface area (Å²) in [4.78, 5) is 16.3. The van der Waals surface area contributed by atoms with Crippen molar-refractivity contribution in [2.75, 3.05) is 39.9 Å². The zero-order chi connectivity index (χ0) is 14.5. The van der Waals surface area contributed by atoms with E-state index in [-0.39, 0.29) is 5.91 Å². The normalized spacial score (nSPS) is 19.1. The van der Waals surface area contributed by atoms with E-state index in [4.69, 9.17) is 4.74 Å². The number of carbonyl (C=O) groups excluding carboxylic acids is 1. The molecule has 0 aliphatic carbocycles. The second-order valence-electron chi connectivity index (χ2n) is 4.89. The number of hydrogen-bond donors (Lipinski definition) is 0. The molecule has 1 saturated heterocycles. The predicted octanol–water partition coefficient (Wildman–Crippen LogP) is 0.827. The predicted molar refractivity (Wildman–Crippen MR) is 76.6 cm³/mol. The van der Waals surface area contributed by atoms with Gasteiger partial charge < -0.3 is 9.64 Å². The Bertz CT molecular complexity index is 452. The summed E-state index contributed by atoms with van der Waals surface area (Å²) in [5.74, 6) is 0.0304. The number of amides is 1. The molecule has 0 spiro atoms. The quantitative estimate of drug-likeness (QED) is 0.764. The van der Waals surface area contributed by atoms with Crippen molar-refractivity contribution in [1.82, 2.24) is 19.6 Å². The van der Waals surface area contributed by atoms with E-state index in [9.17, 15) is 4.79 Å². The van der Waals surface area contributed by atoms with Gasteiger partial charge in [-0.1, -0.05) is 13.8 Å². The van der Waals surface area contributed by atoms with Gasteiger partial charge in [-0.15, -0.1) is 0 Å². The molecule has 6 heteroatoms. The van der Waals surface area contributed by atoms with E-state index in [1.165, 1.54) is 0 Å². The van der Waals surface area contributed by atoms with Crippen LogP contribution < -0.4 is 0 Å². The molecule has 1 aromatic rings. The first-order valence-electron chi connectivity index (χ1n) is 7.36. The highest BCUT2D eigenvalue weighted by atomic mass is 16.5. The number of ether oxygens (including phenoxy) is 1. The molecule has 2 aliphatic rings. The highest BCUT2D eigenvalue weighted by molar-refractivity contribution is 5.92. The van der Waals surface area contributed by atoms with Gasteiger partial charge in [0.2, 0.25) is 0 Å². The Labute approximate surface area is 120 Å². The maximum absolute atomic E-state index is 12.3. The molecule has 3 rings (SSSR count). The summed E-state index contributed by atoms with van der Waals surface area (Å²) < 4.78 is 7.21. The molecule has 0 saturated carbocycles. The summed E-state index contributed by atoms with van der Waals surface area (Å²) in [5.41, 5.74) is 1.70. The van der Waals surface area contributed by atoms with Gasteiger partial charge in [0, 0.05) is 26.2 Å². The van der Waals surface area contributed by atoms with E-state index in [2.05, 4.69) is 17.0 Å². The second-order valence-corrected chi connectivity index (χ2v) is 4.89. The van der Waals surface area contributed by atoms with Crippen LogP contribution in [0.15, 0.2) is 6.07 Å². The summed E-state index contributed by atoms with van der Waals surface area (Å²) in [6, 6.07) is 1.92. The van der Waals surface area contributed by atoms with E-state index in [1.807, 2.05) is 29.5 Å². The Morgan fingerprint density at radius 2 is 1.90 bits per heavy atom. The Balaban J connectivity index is 0.000000704. The van der Waals surface area contributed by atoms with Gasteiger partial charge in [-0.2, -0.15) is 5.10 Å². The van der Waals surface area contributed by atoms with Crippen LogP contribution in [0.2, 0.25) is 0 Å². The Hall–Kier alpha value is -1.40. The highest BCUT2D eigenvalue weighted by Gasteiger charge is 2.23. The molecule has 0 bridgehead atoms. The van der Waals surface area contributed by atoms with E-state index in [0.717, 1.165) is 25.3 Å². The van der Waals surface area contributed by atoms with Crippen molar-refractivity contribution in [3.05, 3.63) is 17.5 Å². The van der Waals surface area contributed by atoms with E-state index >= 15 is 0 Å². The van der Waals surface area contributed by atoms with Gasteiger partial charge in [0.25, 0.3) is 5.91 Å². The molecule has 20 heavy (non-hydrogen) atoms. The third-order valence-corrected chi connectivity index (χ3v) is 3.51. The molecule has 1 fully saturated rings. The van der Waals surface area contributed by atoms with Crippen molar-refractivity contribution in [3.8, 4) is 0 Å². The van der Waals surface area contributed by atoms with Crippen LogP contribution in [0, 0.1) is 0 Å². The van der Waals surface area contributed by atoms with Crippen molar-refractivity contribution in [2.24, 2.45) is 0 Å². The van der Waals surface area contributed by atoms with Crippen LogP contribution in [0.1, 0.15) is 30.0 Å². The van der Waals surface area contributed by atoms with Crippen LogP contribution in [-0.2, 0) is 17.8 Å². The van der Waals surface area contributed by atoms with Crippen molar-refractivity contribution in [3.63, 3.8) is 0 Å². The fourth-order valence-corrected chi connectivity index (χ4v) is 2.43. The van der Waals surface area contributed by atoms with Crippen molar-refractivity contribution < 1.29 is 9.53 Å². The largest absolute Gasteiger partial charge is 0.378 e. The molecular weight excluding hydrogens is 256 g/mol. The molecule has 6 nitrogen and oxygen atoms in total. The van der Waals surface area contributed by atoms with E-state index in [0.29, 0.717) is 32.0 Å². The van der Waals surface area contributed by atoms with Crippen LogP contribution in [0.4, 0.5) is 0 Å². The highest BCUT2D eigenvalue weighted by Crippen LogP contribution is 2.14. The van der Waals surface area contributed by atoms with Gasteiger partial charge in [-0.25, -0.2) is 0 Å². The molecule has 1 aromatic heterocycles. The minimum atomic E-state index is 0.0304. The zero-order valence-electron chi connectivity index (χ0n) is 12.6. The number of nitrogens with zero attached hydrogens (tertiary/aromatic N) is 4. The zero-order valence-corrected chi connectivity index (χ0v) is 12.6. The number of carbonyl (C=O) groups is 1. The topological polar surface area (TPSA) is 50.6 Å². The fourth-order valence-electron chi connectivity index (χ4n) is 2.43. The average molecular weight is 280 g/mol. The lowest BCUT2D eigenvalue weighted by Crippen LogP contribution is -2.40. The number of hydrogen-bond acceptors (Lipinski definition) is 4. The molecule has 0 unspecified atom stereocenters. The summed E-state index contributed by atoms with van der Waals surface area (Å²) >= 11 is 0. The molecule has 112 valence electrons. The third kappa shape index (κ3) is 3.19. The lowest BCUT2D eigenvalue weighted by molar-refractivity contribution is 0.0298. The smallest absolute Gasteiger partial charge is 0.274 e. The summed E-state index contributed by atoms with van der Waals surface area (Å²) in [7, 11) is 2.08. The number of morpholine rings is 1. The van der Waals surface area contributed by atoms with Gasteiger partial charge in [0.1, 0.15) is 0 Å². The molecular formula is C14H24N4O2. The van der Waals surface area contributed by atoms with Crippen LogP contribution in [-0.4, -0.2) is 65.4 Å². The van der Waals surface area contributed by atoms with Crippen molar-refractivity contribution in [1.29, 1.82) is 0 Å². The first-order valence-corrected chi connectivity index (χ1v) is 7.36. The van der Waals surface area contributed by atoms with Gasteiger partial charge >= 0.3 is 0 Å². The number of aromatic nitrogens is 2. The van der Waals surface area contributed by atoms with Crippen LogP contribution in [0.3, 0.4) is 0 Å². The number of likely N-dealkylation sites (N-methyl/N-ethyl adjacent to an activating group) is 1. The van der Waals surface area contributed by atoms with Crippen LogP contribution in [0.5, 0.6) is 0 Å². The summed E-state index contributed by atoms with van der Waals surface area (Å²) in [6.07, 6.45) is 0. The lowest BCUT2D eigenvalue weighted by Gasteiger charge is -2.25. The van der Waals surface area contributed by atoms with Crippen LogP contribution >= 0.6 is 0 Å². The van der Waals surface area contributed by atoms with Crippen molar-refractivity contribution >= 4 is 5.91 Å². The van der Waals surface area contributed by atoms with E-state index < -0.39 is 0 Å². The average Bonchev–Trinajstić information content (AvgIpc) is 2.92. The van der Waals surface area contributed by atoms with Gasteiger partial charge in [-0.05, 0) is 13.1 Å². The standard InChI is InChI=1S/C12H18N4O2.C2H6/c1-14-2-3-16-10(9-14)8-11(13-16)12(17)15-4-6-18-7-5-15;1-2/h8H,2-7,9H2,1H3;1-2H3. The molecule has 3 heterocycles. The molecule has 1 amide bonds. The SMILES string of the molecule is CC.CN1CCn2nc(C(=O)N3CCOCC3)cc2C1. The van der Waals surface area contributed by atoms with E-state index in [1.54, 1.807) is 0 Å². The molecule has 0 atom stereocenters. The molecule has 0 N–H and O–H groups in total.